The van der Waals surface area contributed by atoms with Crippen molar-refractivity contribution in [2.24, 2.45) is 5.92 Å². The largest absolute Gasteiger partial charge is 0.479 e. The van der Waals surface area contributed by atoms with Crippen molar-refractivity contribution in [3.63, 3.8) is 0 Å². The van der Waals surface area contributed by atoms with E-state index in [1.807, 2.05) is 54.6 Å². The van der Waals surface area contributed by atoms with Gasteiger partial charge in [-0.3, -0.25) is 9.59 Å². The zero-order chi connectivity index (χ0) is 35.5. The number of tetrazole rings is 1. The van der Waals surface area contributed by atoms with Gasteiger partial charge in [0.15, 0.2) is 5.82 Å². The average molecular weight is 684 g/mol. The lowest BCUT2D eigenvalue weighted by molar-refractivity contribution is -0.145. The number of rotatable bonds is 6. The first kappa shape index (κ1) is 34.8. The number of aromatic nitrogens is 4. The Morgan fingerprint density at radius 2 is 1.78 bits per heavy atom. The van der Waals surface area contributed by atoms with E-state index in [0.717, 1.165) is 36.0 Å². The first-order valence-electron chi connectivity index (χ1n) is 17.4. The lowest BCUT2D eigenvalue weighted by atomic mass is 10.0. The van der Waals surface area contributed by atoms with Crippen LogP contribution in [0.5, 0.6) is 0 Å². The van der Waals surface area contributed by atoms with Gasteiger partial charge in [-0.15, -0.1) is 5.10 Å². The average Bonchev–Trinajstić information content (AvgIpc) is 3.36. The molecule has 264 valence electrons. The summed E-state index contributed by atoms with van der Waals surface area (Å²) in [5.41, 5.74) is 0.959. The second kappa shape index (κ2) is 14.4. The molecule has 0 bridgehead atoms. The first-order chi connectivity index (χ1) is 23.9. The van der Waals surface area contributed by atoms with Crippen molar-refractivity contribution >= 4 is 23.9 Å². The summed E-state index contributed by atoms with van der Waals surface area (Å²) in [7, 11) is 0. The highest BCUT2D eigenvalue weighted by molar-refractivity contribution is 5.96. The highest BCUT2D eigenvalue weighted by Crippen LogP contribution is 2.45. The summed E-state index contributed by atoms with van der Waals surface area (Å²) < 4.78 is 7.16. The van der Waals surface area contributed by atoms with E-state index in [9.17, 15) is 24.3 Å². The Bertz CT molecular complexity index is 1730. The normalized spacial score (nSPS) is 26.4. The molecule has 2 aromatic carbocycles. The molecule has 0 spiro atoms. The fourth-order valence-corrected chi connectivity index (χ4v) is 6.96. The Morgan fingerprint density at radius 1 is 1.04 bits per heavy atom. The Hall–Kier alpha value is -5.07. The van der Waals surface area contributed by atoms with Crippen molar-refractivity contribution in [3.05, 3.63) is 78.1 Å². The molecule has 3 amide bonds. The van der Waals surface area contributed by atoms with Gasteiger partial charge in [-0.25, -0.2) is 14.3 Å². The summed E-state index contributed by atoms with van der Waals surface area (Å²) >= 11 is 0. The van der Waals surface area contributed by atoms with E-state index in [1.165, 1.54) is 4.90 Å². The fourth-order valence-electron chi connectivity index (χ4n) is 6.96. The quantitative estimate of drug-likeness (QED) is 0.318. The molecule has 1 saturated heterocycles. The van der Waals surface area contributed by atoms with Crippen LogP contribution in [-0.2, 0) is 25.7 Å². The lowest BCUT2D eigenvalue weighted by Gasteiger charge is -2.30. The monoisotopic (exact) mass is 683 g/mol. The van der Waals surface area contributed by atoms with Crippen LogP contribution < -0.4 is 10.6 Å². The molecule has 1 aliphatic carbocycles. The summed E-state index contributed by atoms with van der Waals surface area (Å²) in [6.45, 7) is 5.72. The number of nitrogens with one attached hydrogen (secondary N) is 2. The number of hydrogen-bond acceptors (Lipinski definition) is 8. The summed E-state index contributed by atoms with van der Waals surface area (Å²) in [6.07, 6.45) is 7.00. The van der Waals surface area contributed by atoms with Crippen molar-refractivity contribution in [1.29, 1.82) is 0 Å². The molecule has 3 heterocycles. The number of benzene rings is 2. The molecular weight excluding hydrogens is 638 g/mol. The number of hydrogen-bond donors (Lipinski definition) is 3. The van der Waals surface area contributed by atoms with Crippen molar-refractivity contribution in [2.45, 2.75) is 101 Å². The molecule has 3 N–H and O–H groups in total. The number of carboxylic acids is 1. The Balaban J connectivity index is 1.27. The van der Waals surface area contributed by atoms with Gasteiger partial charge in [0.1, 0.15) is 23.2 Å². The van der Waals surface area contributed by atoms with E-state index in [0.29, 0.717) is 25.2 Å². The van der Waals surface area contributed by atoms with Crippen LogP contribution in [0.4, 0.5) is 4.79 Å². The lowest BCUT2D eigenvalue weighted by Crippen LogP contribution is -2.56. The van der Waals surface area contributed by atoms with Gasteiger partial charge in [-0.05, 0) is 80.0 Å². The van der Waals surface area contributed by atoms with E-state index >= 15 is 0 Å². The van der Waals surface area contributed by atoms with Gasteiger partial charge < -0.3 is 25.4 Å². The molecule has 0 radical (unpaired) electrons. The highest BCUT2D eigenvalue weighted by Gasteiger charge is 2.61. The van der Waals surface area contributed by atoms with Crippen molar-refractivity contribution in [2.75, 3.05) is 6.54 Å². The number of carbonyl (C=O) groups is 4. The molecule has 50 heavy (non-hydrogen) atoms. The van der Waals surface area contributed by atoms with Crippen LogP contribution in [0.15, 0.2) is 66.7 Å². The molecule has 5 atom stereocenters. The Labute approximate surface area is 291 Å². The minimum atomic E-state index is -1.43. The summed E-state index contributed by atoms with van der Waals surface area (Å²) in [4.78, 5) is 55.2. The number of carboxylic acid groups (broad SMARTS) is 1. The smallest absolute Gasteiger partial charge is 0.408 e. The summed E-state index contributed by atoms with van der Waals surface area (Å²) in [5.74, 6) is -2.35. The van der Waals surface area contributed by atoms with Gasteiger partial charge in [-0.1, -0.05) is 79.6 Å². The van der Waals surface area contributed by atoms with Gasteiger partial charge in [0.25, 0.3) is 0 Å². The maximum Gasteiger partial charge on any atom is 0.408 e. The number of aliphatic carboxylic acids is 1. The molecular formula is C37H45N7O6. The zero-order valence-corrected chi connectivity index (χ0v) is 28.7. The van der Waals surface area contributed by atoms with Crippen LogP contribution in [0.25, 0.3) is 11.1 Å². The predicted octanol–water partition coefficient (Wildman–Crippen LogP) is 4.45. The van der Waals surface area contributed by atoms with E-state index in [1.54, 1.807) is 25.5 Å². The second-order valence-electron chi connectivity index (χ2n) is 14.5. The third-order valence-electron chi connectivity index (χ3n) is 9.67. The molecule has 0 unspecified atom stereocenters. The van der Waals surface area contributed by atoms with Crippen molar-refractivity contribution in [1.82, 2.24) is 35.7 Å². The SMILES string of the molecule is CC(C)(C)OC(=O)N[C@H]1CCCCC/C=C\[C@@H]2C[C@@]2(C(=O)O)NC(=O)[C@@H]2C[C@@H](c3nnnn3Cc3ccc(-c4ccccc4)cc3)CN2C1=O. The number of alkyl carbamates (subject to hydrolysis) is 1. The van der Waals surface area contributed by atoms with E-state index in [-0.39, 0.29) is 25.3 Å². The van der Waals surface area contributed by atoms with Gasteiger partial charge >= 0.3 is 12.1 Å². The highest BCUT2D eigenvalue weighted by atomic mass is 16.6. The topological polar surface area (TPSA) is 169 Å². The summed E-state index contributed by atoms with van der Waals surface area (Å²) in [6, 6.07) is 16.2. The molecule has 13 nitrogen and oxygen atoms in total. The maximum absolute atomic E-state index is 14.3. The fraction of sp³-hybridized carbons (Fsp3) is 0.486. The zero-order valence-electron chi connectivity index (χ0n) is 28.7. The van der Waals surface area contributed by atoms with Crippen LogP contribution in [-0.4, -0.2) is 83.9 Å². The molecule has 3 aromatic rings. The molecule has 6 rings (SSSR count). The third kappa shape index (κ3) is 7.87. The second-order valence-corrected chi connectivity index (χ2v) is 14.5. The van der Waals surface area contributed by atoms with E-state index in [2.05, 4.69) is 38.3 Å². The minimum absolute atomic E-state index is 0.111. The van der Waals surface area contributed by atoms with Gasteiger partial charge in [-0.2, -0.15) is 0 Å². The van der Waals surface area contributed by atoms with E-state index < -0.39 is 53.0 Å². The van der Waals surface area contributed by atoms with Crippen LogP contribution in [0.3, 0.4) is 0 Å². The van der Waals surface area contributed by atoms with E-state index in [4.69, 9.17) is 4.74 Å². The number of nitrogens with zero attached hydrogens (tertiary/aromatic N) is 5. The van der Waals surface area contributed by atoms with Gasteiger partial charge in [0.2, 0.25) is 11.8 Å². The number of carbonyl (C=O) groups excluding carboxylic acids is 3. The van der Waals surface area contributed by atoms with Gasteiger partial charge in [0, 0.05) is 18.4 Å². The van der Waals surface area contributed by atoms with Crippen LogP contribution in [0, 0.1) is 5.92 Å². The summed E-state index contributed by atoms with van der Waals surface area (Å²) in [5, 5.41) is 28.3. The molecule has 3 aliphatic rings. The van der Waals surface area contributed by atoms with Gasteiger partial charge in [0.05, 0.1) is 6.54 Å². The Kier molecular flexibility index (Phi) is 10.0. The van der Waals surface area contributed by atoms with Crippen LogP contribution in [0.2, 0.25) is 0 Å². The minimum Gasteiger partial charge on any atom is -0.479 e. The van der Waals surface area contributed by atoms with Crippen molar-refractivity contribution in [3.8, 4) is 11.1 Å². The van der Waals surface area contributed by atoms with Crippen molar-refractivity contribution < 1.29 is 29.0 Å². The molecule has 2 aliphatic heterocycles. The molecule has 13 heteroatoms. The Morgan fingerprint density at radius 3 is 2.50 bits per heavy atom. The predicted molar refractivity (Wildman–Crippen MR) is 184 cm³/mol. The first-order valence-corrected chi connectivity index (χ1v) is 17.4. The standard InChI is InChI=1S/C37H45N7O6/c1-36(2,3)50-35(49)38-29-15-11-6-4-5-10-14-28-21-37(28,34(47)48)39-32(45)30-20-27(23-43(30)33(29)46)31-40-41-42-44(31)22-24-16-18-26(19-17-24)25-12-8-7-9-13-25/h7-10,12-14,16-19,27-30H,4-6,11,15,20-23H2,1-3H3,(H,38,49)(H,39,45)(H,47,48)/b14-10-/t27-,28-,29+,30+,37-/m1/s1. The molecule has 2 fully saturated rings. The number of allylic oxidation sites excluding steroid dienone is 1. The van der Waals surface area contributed by atoms with Crippen LogP contribution >= 0.6 is 0 Å². The molecule has 1 aromatic heterocycles. The maximum atomic E-state index is 14.3. The number of fused-ring (bicyclic) bond motifs is 2. The number of ether oxygens (including phenoxy) is 1. The molecule has 1 saturated carbocycles. The third-order valence-corrected chi connectivity index (χ3v) is 9.67. The number of amides is 3. The van der Waals surface area contributed by atoms with Crippen LogP contribution in [0.1, 0.15) is 83.0 Å².